The van der Waals surface area contributed by atoms with E-state index in [0.29, 0.717) is 13.0 Å². The molecule has 1 aliphatic rings. The van der Waals surface area contributed by atoms with Gasteiger partial charge in [0.1, 0.15) is 0 Å². The molecule has 94 valence electrons. The van der Waals surface area contributed by atoms with Crippen LogP contribution in [0.2, 0.25) is 0 Å². The highest BCUT2D eigenvalue weighted by atomic mass is 16.7. The fourth-order valence-electron chi connectivity index (χ4n) is 1.99. The average Bonchev–Trinajstić information content (AvgIpc) is 2.68. The second kappa shape index (κ2) is 8.57. The van der Waals surface area contributed by atoms with Crippen molar-refractivity contribution < 1.29 is 9.63 Å². The second-order valence-corrected chi connectivity index (χ2v) is 4.55. The standard InChI is InChI=1S/C13H25NO2/c1-2-3-4-5-6-7-8-12-16-14-11-9-10-13(14)15/h2-12H2,1H3. The Morgan fingerprint density at radius 2 is 1.81 bits per heavy atom. The quantitative estimate of drug-likeness (QED) is 0.566. The number of unbranched alkanes of at least 4 members (excludes halogenated alkanes) is 6. The smallest absolute Gasteiger partial charge is 0.246 e. The van der Waals surface area contributed by atoms with Crippen molar-refractivity contribution >= 4 is 5.91 Å². The number of hydrogen-bond donors (Lipinski definition) is 0. The monoisotopic (exact) mass is 227 g/mol. The van der Waals surface area contributed by atoms with Crippen LogP contribution >= 0.6 is 0 Å². The third-order valence-electron chi connectivity index (χ3n) is 3.03. The van der Waals surface area contributed by atoms with Gasteiger partial charge >= 0.3 is 0 Å². The molecular formula is C13H25NO2. The maximum absolute atomic E-state index is 11.2. The molecule has 0 N–H and O–H groups in total. The lowest BCUT2D eigenvalue weighted by Gasteiger charge is -2.14. The maximum atomic E-state index is 11.2. The van der Waals surface area contributed by atoms with Gasteiger partial charge in [-0.2, -0.15) is 0 Å². The maximum Gasteiger partial charge on any atom is 0.246 e. The molecule has 0 aromatic carbocycles. The van der Waals surface area contributed by atoms with Gasteiger partial charge in [-0.15, -0.1) is 0 Å². The molecule has 0 aromatic rings. The van der Waals surface area contributed by atoms with Gasteiger partial charge in [-0.1, -0.05) is 45.4 Å². The molecule has 1 saturated heterocycles. The minimum absolute atomic E-state index is 0.156. The van der Waals surface area contributed by atoms with Crippen LogP contribution in [-0.4, -0.2) is 24.1 Å². The molecule has 0 aliphatic carbocycles. The lowest BCUT2D eigenvalue weighted by molar-refractivity contribution is -0.177. The van der Waals surface area contributed by atoms with Crippen LogP contribution < -0.4 is 0 Å². The van der Waals surface area contributed by atoms with Crippen LogP contribution in [0.5, 0.6) is 0 Å². The van der Waals surface area contributed by atoms with E-state index in [0.717, 1.165) is 19.4 Å². The molecule has 0 aromatic heterocycles. The lowest BCUT2D eigenvalue weighted by atomic mass is 10.1. The number of hydrogen-bond acceptors (Lipinski definition) is 2. The largest absolute Gasteiger partial charge is 0.273 e. The SMILES string of the molecule is CCCCCCCCCON1CCCC1=O. The highest BCUT2D eigenvalue weighted by Crippen LogP contribution is 2.11. The number of carbonyl (C=O) groups is 1. The first-order valence-corrected chi connectivity index (χ1v) is 6.78. The van der Waals surface area contributed by atoms with Gasteiger partial charge in [0, 0.05) is 13.0 Å². The molecule has 1 heterocycles. The van der Waals surface area contributed by atoms with Gasteiger partial charge in [-0.25, -0.2) is 5.06 Å². The second-order valence-electron chi connectivity index (χ2n) is 4.55. The first kappa shape index (κ1) is 13.5. The summed E-state index contributed by atoms with van der Waals surface area (Å²) in [7, 11) is 0. The molecule has 1 aliphatic heterocycles. The summed E-state index contributed by atoms with van der Waals surface area (Å²) >= 11 is 0. The molecule has 0 radical (unpaired) electrons. The van der Waals surface area contributed by atoms with Crippen molar-refractivity contribution in [2.75, 3.05) is 13.2 Å². The summed E-state index contributed by atoms with van der Waals surface area (Å²) in [4.78, 5) is 16.6. The van der Waals surface area contributed by atoms with Crippen LogP contribution in [0.25, 0.3) is 0 Å². The van der Waals surface area contributed by atoms with E-state index in [2.05, 4.69) is 6.92 Å². The number of hydroxylamine groups is 2. The zero-order valence-electron chi connectivity index (χ0n) is 10.5. The van der Waals surface area contributed by atoms with E-state index < -0.39 is 0 Å². The van der Waals surface area contributed by atoms with Gasteiger partial charge in [0.25, 0.3) is 0 Å². The molecule has 0 atom stereocenters. The molecule has 0 spiro atoms. The zero-order valence-corrected chi connectivity index (χ0v) is 10.5. The molecule has 1 rings (SSSR count). The van der Waals surface area contributed by atoms with Gasteiger partial charge < -0.3 is 0 Å². The lowest BCUT2D eigenvalue weighted by Crippen LogP contribution is -2.25. The van der Waals surface area contributed by atoms with Gasteiger partial charge in [0.05, 0.1) is 6.61 Å². The normalized spacial score (nSPS) is 16.1. The van der Waals surface area contributed by atoms with Crippen LogP contribution in [0.4, 0.5) is 0 Å². The van der Waals surface area contributed by atoms with E-state index in [1.807, 2.05) is 0 Å². The first-order valence-electron chi connectivity index (χ1n) is 6.78. The van der Waals surface area contributed by atoms with Gasteiger partial charge in [-0.3, -0.25) is 9.63 Å². The fraction of sp³-hybridized carbons (Fsp3) is 0.923. The number of nitrogens with zero attached hydrogens (tertiary/aromatic N) is 1. The van der Waals surface area contributed by atoms with Crippen molar-refractivity contribution in [2.24, 2.45) is 0 Å². The summed E-state index contributed by atoms with van der Waals surface area (Å²) in [5.41, 5.74) is 0. The Hall–Kier alpha value is -0.570. The van der Waals surface area contributed by atoms with Crippen molar-refractivity contribution in [3.05, 3.63) is 0 Å². The first-order chi connectivity index (χ1) is 7.84. The number of carbonyl (C=O) groups excluding carboxylic acids is 1. The van der Waals surface area contributed by atoms with E-state index in [4.69, 9.17) is 4.84 Å². The van der Waals surface area contributed by atoms with Crippen molar-refractivity contribution in [2.45, 2.75) is 64.7 Å². The van der Waals surface area contributed by atoms with Crippen LogP contribution in [0.1, 0.15) is 64.7 Å². The summed E-state index contributed by atoms with van der Waals surface area (Å²) in [5.74, 6) is 0.156. The summed E-state index contributed by atoms with van der Waals surface area (Å²) in [6, 6.07) is 0. The van der Waals surface area contributed by atoms with Crippen molar-refractivity contribution in [1.82, 2.24) is 5.06 Å². The van der Waals surface area contributed by atoms with Crippen LogP contribution in [0.3, 0.4) is 0 Å². The third-order valence-corrected chi connectivity index (χ3v) is 3.03. The van der Waals surface area contributed by atoms with Gasteiger partial charge in [0.2, 0.25) is 5.91 Å². The van der Waals surface area contributed by atoms with Crippen LogP contribution in [0, 0.1) is 0 Å². The molecule has 1 amide bonds. The minimum Gasteiger partial charge on any atom is -0.273 e. The summed E-state index contributed by atoms with van der Waals surface area (Å²) in [6.45, 7) is 3.73. The summed E-state index contributed by atoms with van der Waals surface area (Å²) < 4.78 is 0. The number of amides is 1. The highest BCUT2D eigenvalue weighted by molar-refractivity contribution is 5.76. The van der Waals surface area contributed by atoms with E-state index in [1.165, 1.54) is 43.6 Å². The van der Waals surface area contributed by atoms with Gasteiger partial charge in [-0.05, 0) is 12.8 Å². The molecule has 0 bridgehead atoms. The fourth-order valence-corrected chi connectivity index (χ4v) is 1.99. The predicted octanol–water partition coefficient (Wildman–Crippen LogP) is 3.29. The Labute approximate surface area is 99.1 Å². The Morgan fingerprint density at radius 1 is 1.12 bits per heavy atom. The summed E-state index contributed by atoms with van der Waals surface area (Å²) in [5, 5.41) is 1.54. The predicted molar refractivity (Wildman–Crippen MR) is 64.9 cm³/mol. The Balaban J connectivity index is 1.83. The van der Waals surface area contributed by atoms with Crippen molar-refractivity contribution in [3.8, 4) is 0 Å². The van der Waals surface area contributed by atoms with Crippen molar-refractivity contribution in [3.63, 3.8) is 0 Å². The van der Waals surface area contributed by atoms with Crippen molar-refractivity contribution in [1.29, 1.82) is 0 Å². The minimum atomic E-state index is 0.156. The molecule has 16 heavy (non-hydrogen) atoms. The topological polar surface area (TPSA) is 29.5 Å². The summed E-state index contributed by atoms with van der Waals surface area (Å²) in [6.07, 6.45) is 10.6. The van der Waals surface area contributed by atoms with E-state index in [9.17, 15) is 4.79 Å². The molecular weight excluding hydrogens is 202 g/mol. The third kappa shape index (κ3) is 5.50. The van der Waals surface area contributed by atoms with Crippen LogP contribution in [0.15, 0.2) is 0 Å². The Bertz CT molecular complexity index is 194. The van der Waals surface area contributed by atoms with E-state index in [1.54, 1.807) is 0 Å². The molecule has 3 heteroatoms. The average molecular weight is 227 g/mol. The van der Waals surface area contributed by atoms with E-state index >= 15 is 0 Å². The highest BCUT2D eigenvalue weighted by Gasteiger charge is 2.20. The molecule has 0 saturated carbocycles. The zero-order chi connectivity index (χ0) is 11.6. The Kier molecular flexibility index (Phi) is 7.23. The van der Waals surface area contributed by atoms with Crippen LogP contribution in [-0.2, 0) is 9.63 Å². The van der Waals surface area contributed by atoms with E-state index in [-0.39, 0.29) is 5.91 Å². The number of rotatable bonds is 9. The molecule has 1 fully saturated rings. The van der Waals surface area contributed by atoms with Gasteiger partial charge in [0.15, 0.2) is 0 Å². The molecule has 3 nitrogen and oxygen atoms in total. The Morgan fingerprint density at radius 3 is 2.44 bits per heavy atom. The molecule has 0 unspecified atom stereocenters.